The topological polar surface area (TPSA) is 89.7 Å². The van der Waals surface area contributed by atoms with Gasteiger partial charge < -0.3 is 15.4 Å². The number of halogens is 1. The molecule has 7 heteroatoms. The van der Waals surface area contributed by atoms with E-state index in [-0.39, 0.29) is 24.7 Å². The van der Waals surface area contributed by atoms with Crippen molar-refractivity contribution in [1.29, 1.82) is 0 Å². The van der Waals surface area contributed by atoms with Crippen LogP contribution >= 0.6 is 0 Å². The Labute approximate surface area is 155 Å². The summed E-state index contributed by atoms with van der Waals surface area (Å²) in [6, 6.07) is 13.9. The number of aryl methyl sites for hydroxylation is 2. The largest absolute Gasteiger partial charge is 0.412 e. The van der Waals surface area contributed by atoms with E-state index >= 15 is 0 Å². The minimum atomic E-state index is -1.17. The van der Waals surface area contributed by atoms with Crippen molar-refractivity contribution >= 4 is 23.7 Å². The Morgan fingerprint density at radius 3 is 2.48 bits per heavy atom. The van der Waals surface area contributed by atoms with E-state index in [1.807, 2.05) is 18.2 Å². The zero-order valence-corrected chi connectivity index (χ0v) is 14.6. The molecule has 1 atom stereocenters. The summed E-state index contributed by atoms with van der Waals surface area (Å²) in [7, 11) is 0. The van der Waals surface area contributed by atoms with Crippen LogP contribution in [0.4, 0.5) is 14.9 Å². The first-order valence-corrected chi connectivity index (χ1v) is 8.57. The predicted octanol–water partition coefficient (Wildman–Crippen LogP) is 2.59. The first kappa shape index (κ1) is 18.6. The van der Waals surface area contributed by atoms with Gasteiger partial charge in [0, 0.05) is 18.7 Å². The van der Waals surface area contributed by atoms with Crippen molar-refractivity contribution < 1.29 is 23.5 Å². The molecule has 1 unspecified atom stereocenters. The van der Waals surface area contributed by atoms with Crippen molar-refractivity contribution in [3.05, 3.63) is 65.5 Å². The van der Waals surface area contributed by atoms with E-state index in [0.29, 0.717) is 12.1 Å². The number of benzene rings is 2. The van der Waals surface area contributed by atoms with Crippen LogP contribution in [0.15, 0.2) is 48.5 Å². The van der Waals surface area contributed by atoms with Crippen LogP contribution in [0.25, 0.3) is 0 Å². The molecule has 2 aromatic rings. The van der Waals surface area contributed by atoms with Crippen LogP contribution in [0.5, 0.6) is 0 Å². The predicted molar refractivity (Wildman–Crippen MR) is 96.4 cm³/mol. The second-order valence-corrected chi connectivity index (χ2v) is 6.44. The number of rotatable bonds is 5. The van der Waals surface area contributed by atoms with Crippen molar-refractivity contribution in [1.82, 2.24) is 0 Å². The average molecular weight is 370 g/mol. The Bertz CT molecular complexity index is 867. The van der Waals surface area contributed by atoms with Gasteiger partial charge in [-0.2, -0.15) is 0 Å². The number of nitrogens with two attached hydrogens (primary N) is 1. The van der Waals surface area contributed by atoms with Crippen LogP contribution in [0.2, 0.25) is 0 Å². The number of anilines is 1. The second kappa shape index (κ2) is 7.99. The zero-order chi connectivity index (χ0) is 19.4. The van der Waals surface area contributed by atoms with Crippen molar-refractivity contribution in [2.45, 2.75) is 19.3 Å². The van der Waals surface area contributed by atoms with Gasteiger partial charge in [-0.15, -0.1) is 0 Å². The van der Waals surface area contributed by atoms with Gasteiger partial charge in [-0.05, 0) is 48.2 Å². The Kier molecular flexibility index (Phi) is 5.49. The van der Waals surface area contributed by atoms with Crippen LogP contribution in [-0.2, 0) is 27.2 Å². The molecule has 0 radical (unpaired) electrons. The van der Waals surface area contributed by atoms with Crippen molar-refractivity contribution in [3.63, 3.8) is 0 Å². The number of nitrogens with zero attached hydrogens (tertiary/aromatic N) is 1. The normalized spacial score (nSPS) is 16.4. The van der Waals surface area contributed by atoms with E-state index in [1.165, 1.54) is 17.0 Å². The first-order chi connectivity index (χ1) is 12.9. The van der Waals surface area contributed by atoms with Gasteiger partial charge in [0.15, 0.2) is 0 Å². The fraction of sp³-hybridized carbons (Fsp3) is 0.250. The van der Waals surface area contributed by atoms with E-state index in [1.54, 1.807) is 18.2 Å². The zero-order valence-electron chi connectivity index (χ0n) is 14.6. The fourth-order valence-electron chi connectivity index (χ4n) is 3.12. The third-order valence-electron chi connectivity index (χ3n) is 4.50. The number of hydrogen-bond donors (Lipinski definition) is 1. The highest BCUT2D eigenvalue weighted by atomic mass is 19.1. The molecule has 6 nitrogen and oxygen atoms in total. The highest BCUT2D eigenvalue weighted by Crippen LogP contribution is 2.26. The molecule has 2 amide bonds. The maximum Gasteiger partial charge on any atom is 0.412 e. The SMILES string of the molecule is NC(=O)OC(=O)C1CC(=O)N(c2ccc(CCc3cccc(F)c3)cc2)C1. The minimum Gasteiger partial charge on any atom is -0.376 e. The molecule has 27 heavy (non-hydrogen) atoms. The molecular weight excluding hydrogens is 351 g/mol. The first-order valence-electron chi connectivity index (χ1n) is 8.57. The molecule has 2 aromatic carbocycles. The molecule has 1 aliphatic heterocycles. The summed E-state index contributed by atoms with van der Waals surface area (Å²) in [6.45, 7) is 0.146. The minimum absolute atomic E-state index is 0.0204. The van der Waals surface area contributed by atoms with Gasteiger partial charge in [-0.3, -0.25) is 9.59 Å². The molecule has 1 aliphatic rings. The molecular formula is C20H19FN2O4. The van der Waals surface area contributed by atoms with E-state index in [0.717, 1.165) is 17.5 Å². The molecule has 140 valence electrons. The number of esters is 1. The maximum atomic E-state index is 13.2. The standard InChI is InChI=1S/C20H19FN2O4/c21-16-3-1-2-14(10-16)5-4-13-6-8-17(9-7-13)23-12-15(11-18(23)24)19(25)27-20(22)26/h1-3,6-10,15H,4-5,11-12H2,(H2,22,26). The molecule has 0 aliphatic carbocycles. The third-order valence-corrected chi connectivity index (χ3v) is 4.50. The third kappa shape index (κ3) is 4.69. The summed E-state index contributed by atoms with van der Waals surface area (Å²) in [4.78, 5) is 36.1. The number of primary amides is 1. The molecule has 2 N–H and O–H groups in total. The van der Waals surface area contributed by atoms with Gasteiger partial charge >= 0.3 is 12.1 Å². The summed E-state index contributed by atoms with van der Waals surface area (Å²) in [6.07, 6.45) is 0.257. The van der Waals surface area contributed by atoms with E-state index in [4.69, 9.17) is 5.73 Å². The van der Waals surface area contributed by atoms with Crippen LogP contribution in [0.3, 0.4) is 0 Å². The van der Waals surface area contributed by atoms with E-state index in [9.17, 15) is 18.8 Å². The molecule has 1 heterocycles. The number of amides is 2. The lowest BCUT2D eigenvalue weighted by molar-refractivity contribution is -0.141. The van der Waals surface area contributed by atoms with Gasteiger partial charge in [0.2, 0.25) is 5.91 Å². The Hall–Kier alpha value is -3.22. The fourth-order valence-corrected chi connectivity index (χ4v) is 3.12. The van der Waals surface area contributed by atoms with Crippen LogP contribution in [0.1, 0.15) is 17.5 Å². The monoisotopic (exact) mass is 370 g/mol. The highest BCUT2D eigenvalue weighted by Gasteiger charge is 2.36. The van der Waals surface area contributed by atoms with Crippen LogP contribution in [-0.4, -0.2) is 24.5 Å². The second-order valence-electron chi connectivity index (χ2n) is 6.44. The number of carbonyl (C=O) groups excluding carboxylic acids is 3. The van der Waals surface area contributed by atoms with Crippen molar-refractivity contribution in [3.8, 4) is 0 Å². The summed E-state index contributed by atoms with van der Waals surface area (Å²) >= 11 is 0. The summed E-state index contributed by atoms with van der Waals surface area (Å²) in [5, 5.41) is 0. The molecule has 3 rings (SSSR count). The van der Waals surface area contributed by atoms with Crippen molar-refractivity contribution in [2.75, 3.05) is 11.4 Å². The van der Waals surface area contributed by atoms with Crippen LogP contribution < -0.4 is 10.6 Å². The smallest absolute Gasteiger partial charge is 0.376 e. The van der Waals surface area contributed by atoms with Crippen molar-refractivity contribution in [2.24, 2.45) is 11.7 Å². The summed E-state index contributed by atoms with van der Waals surface area (Å²) < 4.78 is 17.6. The maximum absolute atomic E-state index is 13.2. The lowest BCUT2D eigenvalue weighted by Gasteiger charge is -2.16. The van der Waals surface area contributed by atoms with E-state index < -0.39 is 18.0 Å². The van der Waals surface area contributed by atoms with Gasteiger partial charge in [0.05, 0.1) is 5.92 Å². The number of carbonyl (C=O) groups is 3. The Morgan fingerprint density at radius 1 is 1.11 bits per heavy atom. The highest BCUT2D eigenvalue weighted by molar-refractivity contribution is 6.00. The molecule has 1 fully saturated rings. The average Bonchev–Trinajstić information content (AvgIpc) is 3.02. The lowest BCUT2D eigenvalue weighted by atomic mass is 10.0. The number of ether oxygens (including phenoxy) is 1. The Balaban J connectivity index is 1.60. The van der Waals surface area contributed by atoms with Crippen LogP contribution in [0, 0.1) is 11.7 Å². The van der Waals surface area contributed by atoms with Gasteiger partial charge in [0.25, 0.3) is 0 Å². The van der Waals surface area contributed by atoms with Gasteiger partial charge in [-0.25, -0.2) is 9.18 Å². The Morgan fingerprint density at radius 2 is 1.81 bits per heavy atom. The van der Waals surface area contributed by atoms with Gasteiger partial charge in [0.1, 0.15) is 5.82 Å². The van der Waals surface area contributed by atoms with Gasteiger partial charge in [-0.1, -0.05) is 24.3 Å². The summed E-state index contributed by atoms with van der Waals surface area (Å²) in [5.41, 5.74) is 7.48. The molecule has 0 saturated carbocycles. The lowest BCUT2D eigenvalue weighted by Crippen LogP contribution is -2.28. The molecule has 0 spiro atoms. The molecule has 0 bridgehead atoms. The number of hydrogen-bond acceptors (Lipinski definition) is 4. The summed E-state index contributed by atoms with van der Waals surface area (Å²) in [5.74, 6) is -1.96. The molecule has 0 aromatic heterocycles. The molecule has 1 saturated heterocycles. The van der Waals surface area contributed by atoms with E-state index in [2.05, 4.69) is 4.74 Å². The quantitative estimate of drug-likeness (QED) is 0.647.